The van der Waals surface area contributed by atoms with E-state index in [1.54, 1.807) is 6.07 Å². The summed E-state index contributed by atoms with van der Waals surface area (Å²) in [6, 6.07) is 9.15. The number of nitrogens with two attached hydrogens (primary N) is 1. The number of hydrogen-bond donors (Lipinski definition) is 2. The number of nitrogens with one attached hydrogen (secondary N) is 1. The van der Waals surface area contributed by atoms with E-state index in [1.165, 1.54) is 0 Å². The first-order valence-electron chi connectivity index (χ1n) is 5.46. The summed E-state index contributed by atoms with van der Waals surface area (Å²) < 4.78 is 0.900. The summed E-state index contributed by atoms with van der Waals surface area (Å²) in [4.78, 5) is 4.74. The van der Waals surface area contributed by atoms with Crippen LogP contribution < -0.4 is 11.1 Å². The Balaban J connectivity index is 2.38. The molecule has 2 rings (SSSR count). The van der Waals surface area contributed by atoms with E-state index >= 15 is 0 Å². The number of benzene rings is 1. The van der Waals surface area contributed by atoms with Crippen molar-refractivity contribution in [3.8, 4) is 0 Å². The Bertz CT molecular complexity index is 646. The van der Waals surface area contributed by atoms with Crippen LogP contribution >= 0.6 is 39.7 Å². The first-order chi connectivity index (χ1) is 8.95. The van der Waals surface area contributed by atoms with Crippen molar-refractivity contribution in [2.45, 2.75) is 6.92 Å². The van der Waals surface area contributed by atoms with Crippen LogP contribution in [0.15, 0.2) is 34.8 Å². The summed E-state index contributed by atoms with van der Waals surface area (Å²) in [5.74, 6) is 0.672. The lowest BCUT2D eigenvalue weighted by Crippen LogP contribution is -2.10. The molecule has 0 fully saturated rings. The lowest BCUT2D eigenvalue weighted by molar-refractivity contribution is 1.19. The molecule has 1 heterocycles. The molecular formula is C13H11BrClN3S. The number of halogens is 2. The molecule has 0 bridgehead atoms. The number of nitrogens with zero attached hydrogens (tertiary/aromatic N) is 1. The molecule has 1 aromatic heterocycles. The van der Waals surface area contributed by atoms with Gasteiger partial charge in [0.1, 0.15) is 10.8 Å². The highest BCUT2D eigenvalue weighted by molar-refractivity contribution is 9.10. The summed E-state index contributed by atoms with van der Waals surface area (Å²) >= 11 is 14.4. The fourth-order valence-corrected chi connectivity index (χ4v) is 2.24. The SMILES string of the molecule is Cc1cc(C(N)=S)cc(Nc2cc(Cl)ccc2Br)n1. The minimum atomic E-state index is 0.346. The van der Waals surface area contributed by atoms with E-state index in [2.05, 4.69) is 26.2 Å². The van der Waals surface area contributed by atoms with Crippen LogP contribution in [0.2, 0.25) is 5.02 Å². The van der Waals surface area contributed by atoms with Crippen LogP contribution in [0.5, 0.6) is 0 Å². The summed E-state index contributed by atoms with van der Waals surface area (Å²) in [6.45, 7) is 1.89. The van der Waals surface area contributed by atoms with Crippen LogP contribution in [-0.4, -0.2) is 9.97 Å². The van der Waals surface area contributed by atoms with Gasteiger partial charge in [0.2, 0.25) is 0 Å². The van der Waals surface area contributed by atoms with Crippen LogP contribution in [0.3, 0.4) is 0 Å². The zero-order chi connectivity index (χ0) is 14.0. The molecule has 2 aromatic rings. The Morgan fingerprint density at radius 2 is 2.11 bits per heavy atom. The molecule has 0 spiro atoms. The summed E-state index contributed by atoms with van der Waals surface area (Å²) in [5, 5.41) is 3.84. The lowest BCUT2D eigenvalue weighted by atomic mass is 10.2. The maximum absolute atomic E-state index is 5.97. The number of rotatable bonds is 3. The zero-order valence-corrected chi connectivity index (χ0v) is 13.2. The number of aryl methyl sites for hydroxylation is 1. The highest BCUT2D eigenvalue weighted by atomic mass is 79.9. The van der Waals surface area contributed by atoms with Crippen molar-refractivity contribution in [3.63, 3.8) is 0 Å². The number of pyridine rings is 1. The largest absolute Gasteiger partial charge is 0.389 e. The highest BCUT2D eigenvalue weighted by Crippen LogP contribution is 2.28. The molecule has 0 aliphatic rings. The van der Waals surface area contributed by atoms with Crippen molar-refractivity contribution in [2.24, 2.45) is 5.73 Å². The highest BCUT2D eigenvalue weighted by Gasteiger charge is 2.06. The van der Waals surface area contributed by atoms with E-state index in [4.69, 9.17) is 29.6 Å². The summed E-state index contributed by atoms with van der Waals surface area (Å²) in [7, 11) is 0. The van der Waals surface area contributed by atoms with E-state index < -0.39 is 0 Å². The lowest BCUT2D eigenvalue weighted by Gasteiger charge is -2.10. The molecule has 0 aliphatic heterocycles. The van der Waals surface area contributed by atoms with Crippen molar-refractivity contribution in [1.29, 1.82) is 0 Å². The van der Waals surface area contributed by atoms with Gasteiger partial charge in [0.15, 0.2) is 0 Å². The predicted molar refractivity (Wildman–Crippen MR) is 87.3 cm³/mol. The van der Waals surface area contributed by atoms with Gasteiger partial charge in [-0.25, -0.2) is 4.98 Å². The van der Waals surface area contributed by atoms with Gasteiger partial charge in [-0.15, -0.1) is 0 Å². The van der Waals surface area contributed by atoms with Crippen molar-refractivity contribution in [2.75, 3.05) is 5.32 Å². The van der Waals surface area contributed by atoms with Crippen LogP contribution in [-0.2, 0) is 0 Å². The second-order valence-corrected chi connectivity index (χ2v) is 5.73. The molecule has 0 amide bonds. The van der Waals surface area contributed by atoms with Gasteiger partial charge in [-0.2, -0.15) is 0 Å². The molecule has 0 unspecified atom stereocenters. The van der Waals surface area contributed by atoms with Gasteiger partial charge < -0.3 is 11.1 Å². The van der Waals surface area contributed by atoms with Gasteiger partial charge in [-0.1, -0.05) is 23.8 Å². The van der Waals surface area contributed by atoms with E-state index in [-0.39, 0.29) is 0 Å². The van der Waals surface area contributed by atoms with Gasteiger partial charge in [-0.3, -0.25) is 0 Å². The molecule has 0 saturated carbocycles. The smallest absolute Gasteiger partial charge is 0.131 e. The maximum Gasteiger partial charge on any atom is 0.131 e. The average Bonchev–Trinajstić information content (AvgIpc) is 2.33. The Morgan fingerprint density at radius 3 is 2.79 bits per heavy atom. The topological polar surface area (TPSA) is 50.9 Å². The van der Waals surface area contributed by atoms with Crippen molar-refractivity contribution in [3.05, 3.63) is 51.1 Å². The molecule has 6 heteroatoms. The van der Waals surface area contributed by atoms with Crippen molar-refractivity contribution < 1.29 is 0 Å². The van der Waals surface area contributed by atoms with Crippen LogP contribution in [0.25, 0.3) is 0 Å². The average molecular weight is 357 g/mol. The van der Waals surface area contributed by atoms with Gasteiger partial charge in [0.05, 0.1) is 5.69 Å². The van der Waals surface area contributed by atoms with E-state index in [9.17, 15) is 0 Å². The van der Waals surface area contributed by atoms with Crippen molar-refractivity contribution >= 4 is 56.2 Å². The Morgan fingerprint density at radius 1 is 1.37 bits per heavy atom. The molecule has 0 saturated heterocycles. The number of anilines is 2. The first-order valence-corrected chi connectivity index (χ1v) is 7.04. The molecule has 0 aliphatic carbocycles. The monoisotopic (exact) mass is 355 g/mol. The maximum atomic E-state index is 5.97. The van der Waals surface area contributed by atoms with Crippen LogP contribution in [0.1, 0.15) is 11.3 Å². The van der Waals surface area contributed by atoms with Gasteiger partial charge in [0.25, 0.3) is 0 Å². The third kappa shape index (κ3) is 3.65. The number of hydrogen-bond acceptors (Lipinski definition) is 3. The number of aromatic nitrogens is 1. The minimum absolute atomic E-state index is 0.346. The predicted octanol–water partition coefficient (Wildman–Crippen LogP) is 4.18. The molecule has 3 N–H and O–H groups in total. The van der Waals surface area contributed by atoms with Crippen LogP contribution in [0, 0.1) is 6.92 Å². The molecule has 3 nitrogen and oxygen atoms in total. The molecule has 1 aromatic carbocycles. The Hall–Kier alpha value is -1.17. The zero-order valence-electron chi connectivity index (χ0n) is 10.1. The fourth-order valence-electron chi connectivity index (χ4n) is 1.61. The van der Waals surface area contributed by atoms with E-state index in [1.807, 2.05) is 31.2 Å². The number of thiocarbonyl (C=S) groups is 1. The molecule has 0 radical (unpaired) electrons. The second-order valence-electron chi connectivity index (χ2n) is 4.00. The summed E-state index contributed by atoms with van der Waals surface area (Å²) in [6.07, 6.45) is 0. The van der Waals surface area contributed by atoms with Gasteiger partial charge in [0, 0.05) is 20.8 Å². The third-order valence-electron chi connectivity index (χ3n) is 2.43. The molecule has 98 valence electrons. The summed E-state index contributed by atoms with van der Waals surface area (Å²) in [5.41, 5.74) is 8.10. The first kappa shape index (κ1) is 14.2. The minimum Gasteiger partial charge on any atom is -0.389 e. The Labute approximate surface area is 130 Å². The van der Waals surface area contributed by atoms with E-state index in [0.717, 1.165) is 21.4 Å². The third-order valence-corrected chi connectivity index (χ3v) is 3.59. The van der Waals surface area contributed by atoms with Gasteiger partial charge in [-0.05, 0) is 53.2 Å². The molecular weight excluding hydrogens is 346 g/mol. The van der Waals surface area contributed by atoms with Crippen LogP contribution in [0.4, 0.5) is 11.5 Å². The molecule has 0 atom stereocenters. The normalized spacial score (nSPS) is 10.3. The Kier molecular flexibility index (Phi) is 4.39. The van der Waals surface area contributed by atoms with E-state index in [0.29, 0.717) is 15.8 Å². The second kappa shape index (κ2) is 5.86. The standard InChI is InChI=1S/C13H11BrClN3S/c1-7-4-8(13(16)19)5-12(17-7)18-11-6-9(15)2-3-10(11)14/h2-6H,1H3,(H2,16,19)(H,17,18). The fraction of sp³-hybridized carbons (Fsp3) is 0.0769. The molecule has 19 heavy (non-hydrogen) atoms. The van der Waals surface area contributed by atoms with Gasteiger partial charge >= 0.3 is 0 Å². The quantitative estimate of drug-likeness (QED) is 0.810. The van der Waals surface area contributed by atoms with Crippen molar-refractivity contribution in [1.82, 2.24) is 4.98 Å².